The van der Waals surface area contributed by atoms with Crippen LogP contribution in [-0.2, 0) is 6.18 Å². The number of benzene rings is 2. The first-order valence-corrected chi connectivity index (χ1v) is 10.1. The van der Waals surface area contributed by atoms with Crippen molar-refractivity contribution in [3.05, 3.63) is 82.9 Å². The maximum absolute atomic E-state index is 13.5. The van der Waals surface area contributed by atoms with Crippen LogP contribution in [0.4, 0.5) is 13.2 Å². The number of carboxylic acid groups (broad SMARTS) is 1. The highest BCUT2D eigenvalue weighted by atomic mass is 32.1. The number of thiophene rings is 1. The molecule has 0 radical (unpaired) electrons. The van der Waals surface area contributed by atoms with Gasteiger partial charge < -0.3 is 5.11 Å². The van der Waals surface area contributed by atoms with E-state index in [9.17, 15) is 23.1 Å². The summed E-state index contributed by atoms with van der Waals surface area (Å²) >= 11 is 1.29. The molecule has 0 amide bonds. The van der Waals surface area contributed by atoms with Crippen LogP contribution >= 0.6 is 11.3 Å². The van der Waals surface area contributed by atoms with Crippen LogP contribution in [0.1, 0.15) is 21.6 Å². The zero-order chi connectivity index (χ0) is 22.2. The molecule has 31 heavy (non-hydrogen) atoms. The van der Waals surface area contributed by atoms with Gasteiger partial charge in [0, 0.05) is 5.56 Å². The Morgan fingerprint density at radius 1 is 0.935 bits per heavy atom. The third kappa shape index (κ3) is 4.34. The molecule has 0 fully saturated rings. The van der Waals surface area contributed by atoms with Gasteiger partial charge in [0.25, 0.3) is 0 Å². The van der Waals surface area contributed by atoms with Crippen molar-refractivity contribution >= 4 is 17.3 Å². The average Bonchev–Trinajstić information content (AvgIpc) is 3.28. The van der Waals surface area contributed by atoms with Gasteiger partial charge in [-0.2, -0.15) is 13.2 Å². The summed E-state index contributed by atoms with van der Waals surface area (Å²) in [6.45, 7) is 1.70. The maximum atomic E-state index is 13.5. The molecule has 4 aromatic rings. The minimum atomic E-state index is -4.62. The number of hydrogen-bond donors (Lipinski definition) is 1. The molecule has 0 unspecified atom stereocenters. The number of aromatic carboxylic acids is 1. The zero-order valence-electron chi connectivity index (χ0n) is 16.1. The molecular formula is C23H15F3N2O2S. The van der Waals surface area contributed by atoms with Crippen LogP contribution in [0.5, 0.6) is 0 Å². The fraction of sp³-hybridized carbons (Fsp3) is 0.0870. The molecule has 0 aliphatic carbocycles. The van der Waals surface area contributed by atoms with Gasteiger partial charge in [-0.15, -0.1) is 11.3 Å². The number of carbonyl (C=O) groups is 1. The maximum Gasteiger partial charge on any atom is 0.433 e. The molecule has 4 nitrogen and oxygen atoms in total. The van der Waals surface area contributed by atoms with Crippen molar-refractivity contribution < 1.29 is 23.1 Å². The van der Waals surface area contributed by atoms with Crippen molar-refractivity contribution in [1.82, 2.24) is 9.97 Å². The molecule has 0 aliphatic rings. The van der Waals surface area contributed by atoms with E-state index in [1.54, 1.807) is 66.9 Å². The van der Waals surface area contributed by atoms with Gasteiger partial charge in [-0.1, -0.05) is 36.4 Å². The van der Waals surface area contributed by atoms with Gasteiger partial charge >= 0.3 is 12.1 Å². The summed E-state index contributed by atoms with van der Waals surface area (Å²) in [6, 6.07) is 16.1. The Bertz CT molecular complexity index is 1270. The minimum Gasteiger partial charge on any atom is -0.478 e. The molecule has 2 heterocycles. The highest BCUT2D eigenvalue weighted by molar-refractivity contribution is 7.13. The summed E-state index contributed by atoms with van der Waals surface area (Å²) in [6.07, 6.45) is -4.62. The van der Waals surface area contributed by atoms with E-state index in [1.165, 1.54) is 11.3 Å². The number of alkyl halides is 3. The quantitative estimate of drug-likeness (QED) is 0.390. The summed E-state index contributed by atoms with van der Waals surface area (Å²) in [7, 11) is 0. The summed E-state index contributed by atoms with van der Waals surface area (Å²) in [4.78, 5) is 20.2. The lowest BCUT2D eigenvalue weighted by Gasteiger charge is -2.11. The Kier molecular flexibility index (Phi) is 5.32. The molecule has 156 valence electrons. The Morgan fingerprint density at radius 3 is 2.35 bits per heavy atom. The van der Waals surface area contributed by atoms with Gasteiger partial charge in [-0.05, 0) is 53.3 Å². The van der Waals surface area contributed by atoms with Gasteiger partial charge in [0.15, 0.2) is 5.82 Å². The Labute approximate surface area is 179 Å². The lowest BCUT2D eigenvalue weighted by Crippen LogP contribution is -2.10. The smallest absolute Gasteiger partial charge is 0.433 e. The van der Waals surface area contributed by atoms with Crippen molar-refractivity contribution in [2.24, 2.45) is 0 Å². The van der Waals surface area contributed by atoms with E-state index in [0.717, 1.165) is 6.07 Å². The zero-order valence-corrected chi connectivity index (χ0v) is 17.0. The topological polar surface area (TPSA) is 63.1 Å². The van der Waals surface area contributed by atoms with Crippen molar-refractivity contribution in [3.8, 4) is 33.1 Å². The molecule has 0 atom stereocenters. The van der Waals surface area contributed by atoms with Gasteiger partial charge in [-0.25, -0.2) is 14.8 Å². The number of hydrogen-bond acceptors (Lipinski definition) is 4. The monoisotopic (exact) mass is 440 g/mol. The molecular weight excluding hydrogens is 425 g/mol. The van der Waals surface area contributed by atoms with Crippen LogP contribution in [0.3, 0.4) is 0 Å². The van der Waals surface area contributed by atoms with Crippen molar-refractivity contribution in [1.29, 1.82) is 0 Å². The van der Waals surface area contributed by atoms with Crippen molar-refractivity contribution in [2.75, 3.05) is 0 Å². The molecule has 2 aromatic carbocycles. The predicted molar refractivity (Wildman–Crippen MR) is 113 cm³/mol. The molecule has 4 rings (SSSR count). The summed E-state index contributed by atoms with van der Waals surface area (Å²) in [5.41, 5.74) is 1.65. The van der Waals surface area contributed by atoms with Crippen LogP contribution in [-0.4, -0.2) is 21.0 Å². The van der Waals surface area contributed by atoms with E-state index in [0.29, 0.717) is 27.1 Å². The second-order valence-electron chi connectivity index (χ2n) is 6.85. The molecule has 8 heteroatoms. The first kappa shape index (κ1) is 20.7. The third-order valence-corrected chi connectivity index (χ3v) is 5.60. The van der Waals surface area contributed by atoms with Crippen LogP contribution in [0.2, 0.25) is 0 Å². The largest absolute Gasteiger partial charge is 0.478 e. The van der Waals surface area contributed by atoms with E-state index < -0.39 is 17.8 Å². The predicted octanol–water partition coefficient (Wildman–Crippen LogP) is 6.56. The van der Waals surface area contributed by atoms with Crippen molar-refractivity contribution in [3.63, 3.8) is 0 Å². The van der Waals surface area contributed by atoms with E-state index >= 15 is 0 Å². The Balaban J connectivity index is 1.84. The number of aryl methyl sites for hydroxylation is 1. The Hall–Kier alpha value is -3.52. The highest BCUT2D eigenvalue weighted by Gasteiger charge is 2.34. The number of rotatable bonds is 4. The highest BCUT2D eigenvalue weighted by Crippen LogP contribution is 2.34. The lowest BCUT2D eigenvalue weighted by molar-refractivity contribution is -0.141. The fourth-order valence-corrected chi connectivity index (χ4v) is 3.83. The SMILES string of the molecule is Cc1ccc(-c2cccc(-c3nc(-c4cccs4)cc(C(F)(F)F)n3)c2)cc1C(=O)O. The number of aromatic nitrogens is 2. The first-order valence-electron chi connectivity index (χ1n) is 9.17. The van der Waals surface area contributed by atoms with E-state index in [-0.39, 0.29) is 17.1 Å². The average molecular weight is 440 g/mol. The summed E-state index contributed by atoms with van der Waals surface area (Å²) in [5, 5.41) is 11.1. The van der Waals surface area contributed by atoms with Gasteiger partial charge in [0.2, 0.25) is 0 Å². The van der Waals surface area contributed by atoms with Gasteiger partial charge in [0.05, 0.1) is 16.1 Å². The fourth-order valence-electron chi connectivity index (χ4n) is 3.14. The van der Waals surface area contributed by atoms with Gasteiger partial charge in [0.1, 0.15) is 5.69 Å². The first-order chi connectivity index (χ1) is 14.7. The second-order valence-corrected chi connectivity index (χ2v) is 7.80. The van der Waals surface area contributed by atoms with E-state index in [2.05, 4.69) is 9.97 Å². The molecule has 0 saturated carbocycles. The Morgan fingerprint density at radius 2 is 1.68 bits per heavy atom. The standard InChI is InChI=1S/C23H15F3N2O2S/c1-13-7-8-15(11-17(13)22(29)30)14-4-2-5-16(10-14)21-27-18(19-6-3-9-31-19)12-20(28-21)23(24,25)26/h2-12H,1H3,(H,29,30). The number of halogens is 3. The molecule has 0 saturated heterocycles. The minimum absolute atomic E-state index is 0.0503. The number of nitrogens with zero attached hydrogens (tertiary/aromatic N) is 2. The molecule has 2 aromatic heterocycles. The molecule has 1 N–H and O–H groups in total. The van der Waals surface area contributed by atoms with E-state index in [1.807, 2.05) is 0 Å². The summed E-state index contributed by atoms with van der Waals surface area (Å²) < 4.78 is 40.4. The van der Waals surface area contributed by atoms with Crippen LogP contribution in [0.25, 0.3) is 33.1 Å². The molecule has 0 aliphatic heterocycles. The van der Waals surface area contributed by atoms with Crippen LogP contribution in [0.15, 0.2) is 66.0 Å². The lowest BCUT2D eigenvalue weighted by atomic mass is 9.98. The van der Waals surface area contributed by atoms with Crippen molar-refractivity contribution in [2.45, 2.75) is 13.1 Å². The molecule has 0 spiro atoms. The van der Waals surface area contributed by atoms with E-state index in [4.69, 9.17) is 0 Å². The molecule has 0 bridgehead atoms. The summed E-state index contributed by atoms with van der Waals surface area (Å²) in [5.74, 6) is -1.09. The third-order valence-electron chi connectivity index (χ3n) is 4.71. The van der Waals surface area contributed by atoms with Crippen LogP contribution in [0, 0.1) is 6.92 Å². The van der Waals surface area contributed by atoms with Crippen LogP contribution < -0.4 is 0 Å². The number of carboxylic acids is 1. The second kappa shape index (κ2) is 7.96. The van der Waals surface area contributed by atoms with Gasteiger partial charge in [-0.3, -0.25) is 0 Å². The normalized spacial score (nSPS) is 11.5.